The summed E-state index contributed by atoms with van der Waals surface area (Å²) in [7, 11) is 0. The molecule has 1 amide bonds. The van der Waals surface area contributed by atoms with E-state index in [4.69, 9.17) is 23.2 Å². The molecule has 0 saturated carbocycles. The fourth-order valence-corrected chi connectivity index (χ4v) is 2.23. The predicted molar refractivity (Wildman–Crippen MR) is 84.1 cm³/mol. The Morgan fingerprint density at radius 2 is 1.95 bits per heavy atom. The van der Waals surface area contributed by atoms with Gasteiger partial charge < -0.3 is 9.88 Å². The van der Waals surface area contributed by atoms with E-state index >= 15 is 0 Å². The van der Waals surface area contributed by atoms with Crippen LogP contribution in [0.3, 0.4) is 0 Å². The van der Waals surface area contributed by atoms with Gasteiger partial charge in [-0.3, -0.25) is 9.59 Å². The standard InChI is InChI=1S/C15H14Cl2N2O2/c16-12-4-1-3-11(9-12)15(21)18-7-2-8-19-10-13(17)5-6-14(19)20/h1,3-6,9-10H,2,7-8H2,(H,18,21). The number of nitrogens with one attached hydrogen (secondary N) is 1. The molecule has 0 aliphatic carbocycles. The average Bonchev–Trinajstić information content (AvgIpc) is 2.46. The number of hydrogen-bond donors (Lipinski definition) is 1. The van der Waals surface area contributed by atoms with E-state index in [1.807, 2.05) is 0 Å². The molecule has 0 radical (unpaired) electrons. The van der Waals surface area contributed by atoms with Gasteiger partial charge in [-0.25, -0.2) is 0 Å². The van der Waals surface area contributed by atoms with E-state index in [0.29, 0.717) is 35.1 Å². The minimum atomic E-state index is -0.184. The third-order valence-corrected chi connectivity index (χ3v) is 3.35. The molecule has 2 rings (SSSR count). The Morgan fingerprint density at radius 1 is 1.14 bits per heavy atom. The van der Waals surface area contributed by atoms with Crippen molar-refractivity contribution in [3.8, 4) is 0 Å². The lowest BCUT2D eigenvalue weighted by Crippen LogP contribution is -2.26. The van der Waals surface area contributed by atoms with Crippen molar-refractivity contribution in [1.82, 2.24) is 9.88 Å². The second kappa shape index (κ2) is 7.29. The van der Waals surface area contributed by atoms with Crippen molar-refractivity contribution in [1.29, 1.82) is 0 Å². The third kappa shape index (κ3) is 4.62. The first-order valence-electron chi connectivity index (χ1n) is 6.46. The molecule has 21 heavy (non-hydrogen) atoms. The zero-order valence-corrected chi connectivity index (χ0v) is 12.7. The van der Waals surface area contributed by atoms with Crippen LogP contribution in [0.15, 0.2) is 47.4 Å². The Morgan fingerprint density at radius 3 is 2.71 bits per heavy atom. The number of hydrogen-bond acceptors (Lipinski definition) is 2. The first-order valence-corrected chi connectivity index (χ1v) is 7.21. The highest BCUT2D eigenvalue weighted by Gasteiger charge is 2.05. The molecule has 0 spiro atoms. The number of carbonyl (C=O) groups excluding carboxylic acids is 1. The highest BCUT2D eigenvalue weighted by Crippen LogP contribution is 2.10. The number of aromatic nitrogens is 1. The summed E-state index contributed by atoms with van der Waals surface area (Å²) in [6.45, 7) is 0.958. The van der Waals surface area contributed by atoms with Gasteiger partial charge in [-0.1, -0.05) is 29.3 Å². The van der Waals surface area contributed by atoms with Crippen molar-refractivity contribution >= 4 is 29.1 Å². The molecule has 1 N–H and O–H groups in total. The predicted octanol–water partition coefficient (Wildman–Crippen LogP) is 2.98. The Balaban J connectivity index is 1.83. The number of carbonyl (C=O) groups is 1. The highest BCUT2D eigenvalue weighted by molar-refractivity contribution is 6.31. The first kappa shape index (κ1) is 15.6. The van der Waals surface area contributed by atoms with Gasteiger partial charge in [0.2, 0.25) is 0 Å². The minimum Gasteiger partial charge on any atom is -0.352 e. The van der Waals surface area contributed by atoms with Crippen LogP contribution in [0.1, 0.15) is 16.8 Å². The summed E-state index contributed by atoms with van der Waals surface area (Å²) in [6, 6.07) is 9.72. The van der Waals surface area contributed by atoms with Crippen LogP contribution in [0.4, 0.5) is 0 Å². The van der Waals surface area contributed by atoms with Crippen molar-refractivity contribution in [2.45, 2.75) is 13.0 Å². The molecular formula is C15H14Cl2N2O2. The SMILES string of the molecule is O=C(NCCCn1cc(Cl)ccc1=O)c1cccc(Cl)c1. The first-order chi connectivity index (χ1) is 10.1. The number of nitrogens with zero attached hydrogens (tertiary/aromatic N) is 1. The lowest BCUT2D eigenvalue weighted by molar-refractivity contribution is 0.0952. The van der Waals surface area contributed by atoms with E-state index < -0.39 is 0 Å². The van der Waals surface area contributed by atoms with Gasteiger partial charge in [-0.2, -0.15) is 0 Å². The molecule has 2 aromatic rings. The molecule has 110 valence electrons. The molecular weight excluding hydrogens is 311 g/mol. The number of aryl methyl sites for hydroxylation is 1. The van der Waals surface area contributed by atoms with E-state index in [0.717, 1.165) is 0 Å². The van der Waals surface area contributed by atoms with E-state index in [1.165, 1.54) is 10.6 Å². The maximum absolute atomic E-state index is 11.9. The van der Waals surface area contributed by atoms with E-state index in [9.17, 15) is 9.59 Å². The lowest BCUT2D eigenvalue weighted by atomic mass is 10.2. The van der Waals surface area contributed by atoms with Gasteiger partial charge in [-0.05, 0) is 30.7 Å². The van der Waals surface area contributed by atoms with Crippen LogP contribution in [0, 0.1) is 0 Å². The lowest BCUT2D eigenvalue weighted by Gasteiger charge is -2.07. The topological polar surface area (TPSA) is 51.1 Å². The van der Waals surface area contributed by atoms with Gasteiger partial charge in [-0.15, -0.1) is 0 Å². The smallest absolute Gasteiger partial charge is 0.251 e. The summed E-state index contributed by atoms with van der Waals surface area (Å²) in [5.74, 6) is -0.184. The van der Waals surface area contributed by atoms with Gasteiger partial charge in [0, 0.05) is 35.9 Å². The van der Waals surface area contributed by atoms with Crippen LogP contribution >= 0.6 is 23.2 Å². The molecule has 1 aromatic heterocycles. The Kier molecular flexibility index (Phi) is 5.42. The normalized spacial score (nSPS) is 10.4. The largest absolute Gasteiger partial charge is 0.352 e. The van der Waals surface area contributed by atoms with Crippen molar-refractivity contribution in [2.75, 3.05) is 6.54 Å². The molecule has 0 aliphatic rings. The molecule has 6 heteroatoms. The minimum absolute atomic E-state index is 0.111. The second-order valence-corrected chi connectivity index (χ2v) is 5.37. The van der Waals surface area contributed by atoms with Crippen molar-refractivity contribution in [2.24, 2.45) is 0 Å². The van der Waals surface area contributed by atoms with E-state index in [1.54, 1.807) is 36.5 Å². The molecule has 0 saturated heterocycles. The Labute approximate surface area is 132 Å². The molecule has 0 unspecified atom stereocenters. The maximum Gasteiger partial charge on any atom is 0.251 e. The van der Waals surface area contributed by atoms with Gasteiger partial charge in [0.25, 0.3) is 11.5 Å². The fraction of sp³-hybridized carbons (Fsp3) is 0.200. The number of amides is 1. The summed E-state index contributed by atoms with van der Waals surface area (Å²) < 4.78 is 1.52. The van der Waals surface area contributed by atoms with Gasteiger partial charge in [0.05, 0.1) is 5.02 Å². The highest BCUT2D eigenvalue weighted by atomic mass is 35.5. The third-order valence-electron chi connectivity index (χ3n) is 2.90. The van der Waals surface area contributed by atoms with E-state index in [-0.39, 0.29) is 11.5 Å². The number of benzene rings is 1. The zero-order valence-electron chi connectivity index (χ0n) is 11.2. The van der Waals surface area contributed by atoms with Crippen molar-refractivity contribution in [3.63, 3.8) is 0 Å². The number of pyridine rings is 1. The molecule has 4 nitrogen and oxygen atoms in total. The molecule has 0 aliphatic heterocycles. The molecule has 0 atom stereocenters. The second-order valence-electron chi connectivity index (χ2n) is 4.50. The van der Waals surface area contributed by atoms with Crippen LogP contribution in [-0.2, 0) is 6.54 Å². The van der Waals surface area contributed by atoms with Crippen molar-refractivity contribution in [3.05, 3.63) is 68.6 Å². The van der Waals surface area contributed by atoms with Crippen LogP contribution in [0.2, 0.25) is 10.0 Å². The average molecular weight is 325 g/mol. The number of rotatable bonds is 5. The van der Waals surface area contributed by atoms with E-state index in [2.05, 4.69) is 5.32 Å². The summed E-state index contributed by atoms with van der Waals surface area (Å²) in [5, 5.41) is 3.82. The zero-order chi connectivity index (χ0) is 15.2. The fourth-order valence-electron chi connectivity index (χ4n) is 1.86. The Bertz CT molecular complexity index is 698. The Hall–Kier alpha value is -1.78. The van der Waals surface area contributed by atoms with Crippen LogP contribution in [-0.4, -0.2) is 17.0 Å². The van der Waals surface area contributed by atoms with Crippen molar-refractivity contribution < 1.29 is 4.79 Å². The summed E-state index contributed by atoms with van der Waals surface area (Å²) in [4.78, 5) is 23.4. The van der Waals surface area contributed by atoms with Crippen LogP contribution < -0.4 is 10.9 Å². The van der Waals surface area contributed by atoms with Gasteiger partial charge in [0.1, 0.15) is 0 Å². The van der Waals surface area contributed by atoms with Gasteiger partial charge >= 0.3 is 0 Å². The molecule has 0 fully saturated rings. The quantitative estimate of drug-likeness (QED) is 0.859. The molecule has 0 bridgehead atoms. The van der Waals surface area contributed by atoms with Gasteiger partial charge in [0.15, 0.2) is 0 Å². The van der Waals surface area contributed by atoms with Crippen LogP contribution in [0.5, 0.6) is 0 Å². The summed E-state index contributed by atoms with van der Waals surface area (Å²) in [5.41, 5.74) is 0.406. The molecule has 1 aromatic carbocycles. The summed E-state index contributed by atoms with van der Waals surface area (Å²) >= 11 is 11.7. The maximum atomic E-state index is 11.9. The molecule has 1 heterocycles. The number of halogens is 2. The summed E-state index contributed by atoms with van der Waals surface area (Å²) in [6.07, 6.45) is 2.22. The van der Waals surface area contributed by atoms with Crippen LogP contribution in [0.25, 0.3) is 0 Å². The monoisotopic (exact) mass is 324 g/mol.